The van der Waals surface area contributed by atoms with Crippen LogP contribution < -0.4 is 5.32 Å². The van der Waals surface area contributed by atoms with Crippen molar-refractivity contribution in [2.24, 2.45) is 13.0 Å². The number of nitrogens with one attached hydrogen (secondary N) is 1. The smallest absolute Gasteiger partial charge is 0.310 e. The molecular formula is C21H23F3N6O. The first kappa shape index (κ1) is 21.2. The van der Waals surface area contributed by atoms with Crippen LogP contribution in [0, 0.1) is 5.92 Å². The predicted octanol–water partition coefficient (Wildman–Crippen LogP) is 3.63. The van der Waals surface area contributed by atoms with Gasteiger partial charge in [0.15, 0.2) is 0 Å². The Morgan fingerprint density at radius 3 is 2.68 bits per heavy atom. The third-order valence-corrected chi connectivity index (χ3v) is 5.50. The first-order valence-corrected chi connectivity index (χ1v) is 10.1. The molecule has 0 saturated carbocycles. The Kier molecular flexibility index (Phi) is 5.90. The van der Waals surface area contributed by atoms with Crippen LogP contribution >= 0.6 is 0 Å². The van der Waals surface area contributed by atoms with Crippen LogP contribution in [0.3, 0.4) is 0 Å². The first-order valence-electron chi connectivity index (χ1n) is 10.1. The quantitative estimate of drug-likeness (QED) is 0.666. The van der Waals surface area contributed by atoms with E-state index in [-0.39, 0.29) is 18.4 Å². The normalized spacial score (nSPS) is 16.0. The molecule has 164 valence electrons. The molecular weight excluding hydrogens is 409 g/mol. The Bertz CT molecular complexity index is 1070. The average molecular weight is 432 g/mol. The topological polar surface area (TPSA) is 75.9 Å². The summed E-state index contributed by atoms with van der Waals surface area (Å²) in [5.41, 5.74) is 2.37. The van der Waals surface area contributed by atoms with Gasteiger partial charge in [0.05, 0.1) is 23.8 Å². The fourth-order valence-corrected chi connectivity index (χ4v) is 3.73. The second kappa shape index (κ2) is 8.62. The molecule has 0 aromatic carbocycles. The van der Waals surface area contributed by atoms with Crippen molar-refractivity contribution < 1.29 is 18.0 Å². The second-order valence-electron chi connectivity index (χ2n) is 7.83. The summed E-state index contributed by atoms with van der Waals surface area (Å²) < 4.78 is 38.9. The number of amides is 1. The third kappa shape index (κ3) is 5.38. The highest BCUT2D eigenvalue weighted by Gasteiger charge is 2.30. The summed E-state index contributed by atoms with van der Waals surface area (Å²) in [6.45, 7) is 0.944. The molecule has 1 fully saturated rings. The number of alkyl halides is 3. The Hall–Kier alpha value is -3.01. The predicted molar refractivity (Wildman–Crippen MR) is 110 cm³/mol. The number of piperidine rings is 1. The van der Waals surface area contributed by atoms with Crippen molar-refractivity contribution in [3.63, 3.8) is 0 Å². The number of carbonyl (C=O) groups is 1. The minimum atomic E-state index is -4.15. The number of aryl methyl sites for hydroxylation is 1. The van der Waals surface area contributed by atoms with Crippen LogP contribution in [0.1, 0.15) is 19.3 Å². The lowest BCUT2D eigenvalue weighted by Gasteiger charge is -2.31. The molecule has 0 radical (unpaired) electrons. The van der Waals surface area contributed by atoms with Crippen molar-refractivity contribution in [3.8, 4) is 11.3 Å². The van der Waals surface area contributed by atoms with Crippen molar-refractivity contribution in [1.29, 1.82) is 0 Å². The number of rotatable bonds is 5. The highest BCUT2D eigenvalue weighted by molar-refractivity contribution is 5.93. The Labute approximate surface area is 177 Å². The molecule has 1 amide bonds. The molecule has 1 N–H and O–H groups in total. The van der Waals surface area contributed by atoms with Gasteiger partial charge in [-0.25, -0.2) is 9.97 Å². The van der Waals surface area contributed by atoms with Gasteiger partial charge < -0.3 is 10.2 Å². The van der Waals surface area contributed by atoms with Crippen LogP contribution in [0.15, 0.2) is 36.8 Å². The molecule has 0 spiro atoms. The zero-order valence-corrected chi connectivity index (χ0v) is 17.1. The summed E-state index contributed by atoms with van der Waals surface area (Å²) in [6, 6.07) is 5.54. The number of likely N-dealkylation sites (tertiary alicyclic amines) is 1. The van der Waals surface area contributed by atoms with Crippen molar-refractivity contribution in [2.45, 2.75) is 25.4 Å². The van der Waals surface area contributed by atoms with Crippen molar-refractivity contribution in [3.05, 3.63) is 36.8 Å². The van der Waals surface area contributed by atoms with Gasteiger partial charge in [0.1, 0.15) is 5.82 Å². The molecule has 3 aromatic heterocycles. The second-order valence-corrected chi connectivity index (χ2v) is 7.83. The number of anilines is 1. The Balaban J connectivity index is 1.38. The van der Waals surface area contributed by atoms with Gasteiger partial charge in [-0.3, -0.25) is 9.48 Å². The van der Waals surface area contributed by atoms with E-state index in [1.54, 1.807) is 28.0 Å². The summed E-state index contributed by atoms with van der Waals surface area (Å²) in [6.07, 6.45) is 1.35. The van der Waals surface area contributed by atoms with Crippen LogP contribution in [-0.4, -0.2) is 56.4 Å². The lowest BCUT2D eigenvalue weighted by atomic mass is 9.96. The maximum Gasteiger partial charge on any atom is 0.390 e. The minimum Gasteiger partial charge on any atom is -0.310 e. The van der Waals surface area contributed by atoms with Gasteiger partial charge >= 0.3 is 6.18 Å². The van der Waals surface area contributed by atoms with E-state index in [4.69, 9.17) is 0 Å². The van der Waals surface area contributed by atoms with E-state index in [9.17, 15) is 18.0 Å². The average Bonchev–Trinajstić information content (AvgIpc) is 3.18. The molecule has 1 aliphatic rings. The first-order chi connectivity index (χ1) is 14.8. The van der Waals surface area contributed by atoms with Crippen LogP contribution in [0.4, 0.5) is 19.0 Å². The molecule has 0 atom stereocenters. The summed E-state index contributed by atoms with van der Waals surface area (Å²) in [5, 5.41) is 7.84. The summed E-state index contributed by atoms with van der Waals surface area (Å²) in [4.78, 5) is 23.3. The standard InChI is InChI=1S/C21H23F3N6O/c1-29-13-16(12-26-29)17-3-2-15-11-25-19(10-18(15)27-17)28-20(31)14-4-7-30(8-5-14)9-6-21(22,23)24/h2-3,10-14H,4-9H2,1H3,(H,25,28,31). The molecule has 0 bridgehead atoms. The molecule has 3 aromatic rings. The third-order valence-electron chi connectivity index (χ3n) is 5.50. The molecule has 1 aliphatic heterocycles. The highest BCUT2D eigenvalue weighted by Crippen LogP contribution is 2.25. The monoisotopic (exact) mass is 432 g/mol. The summed E-state index contributed by atoms with van der Waals surface area (Å²) >= 11 is 0. The van der Waals surface area contributed by atoms with Gasteiger partial charge in [0, 0.05) is 48.9 Å². The molecule has 4 heterocycles. The SMILES string of the molecule is Cn1cc(-c2ccc3cnc(NC(=O)C4CCN(CCC(F)(F)F)CC4)cc3n2)cn1. The van der Waals surface area contributed by atoms with Crippen LogP contribution in [0.2, 0.25) is 0 Å². The zero-order valence-electron chi connectivity index (χ0n) is 17.1. The number of pyridine rings is 2. The van der Waals surface area contributed by atoms with Crippen molar-refractivity contribution >= 4 is 22.6 Å². The molecule has 0 aliphatic carbocycles. The minimum absolute atomic E-state index is 0.0188. The highest BCUT2D eigenvalue weighted by atomic mass is 19.4. The number of nitrogens with zero attached hydrogens (tertiary/aromatic N) is 5. The van der Waals surface area contributed by atoms with E-state index >= 15 is 0 Å². The van der Waals surface area contributed by atoms with Gasteiger partial charge in [-0.15, -0.1) is 0 Å². The lowest BCUT2D eigenvalue weighted by molar-refractivity contribution is -0.139. The molecule has 1 saturated heterocycles. The van der Waals surface area contributed by atoms with Crippen molar-refractivity contribution in [1.82, 2.24) is 24.6 Å². The van der Waals surface area contributed by atoms with E-state index in [2.05, 4.69) is 20.4 Å². The number of halogens is 3. The van der Waals surface area contributed by atoms with Gasteiger partial charge in [-0.1, -0.05) is 0 Å². The maximum absolute atomic E-state index is 12.6. The van der Waals surface area contributed by atoms with Gasteiger partial charge in [-0.2, -0.15) is 18.3 Å². The Morgan fingerprint density at radius 1 is 1.23 bits per heavy atom. The van der Waals surface area contributed by atoms with Crippen LogP contribution in [-0.2, 0) is 11.8 Å². The van der Waals surface area contributed by atoms with E-state index in [0.29, 0.717) is 37.3 Å². The number of carbonyl (C=O) groups excluding carboxylic acids is 1. The lowest BCUT2D eigenvalue weighted by Crippen LogP contribution is -2.39. The maximum atomic E-state index is 12.6. The van der Waals surface area contributed by atoms with Crippen molar-refractivity contribution in [2.75, 3.05) is 25.0 Å². The fourth-order valence-electron chi connectivity index (χ4n) is 3.73. The zero-order chi connectivity index (χ0) is 22.0. The fraction of sp³-hybridized carbons (Fsp3) is 0.429. The van der Waals surface area contributed by atoms with Crippen LogP contribution in [0.25, 0.3) is 22.2 Å². The molecule has 31 heavy (non-hydrogen) atoms. The number of fused-ring (bicyclic) bond motifs is 1. The van der Waals surface area contributed by atoms with Gasteiger partial charge in [0.25, 0.3) is 0 Å². The molecule has 0 unspecified atom stereocenters. The number of aromatic nitrogens is 4. The van der Waals surface area contributed by atoms with E-state index < -0.39 is 12.6 Å². The molecule has 7 nitrogen and oxygen atoms in total. The van der Waals surface area contributed by atoms with Crippen LogP contribution in [0.5, 0.6) is 0 Å². The van der Waals surface area contributed by atoms with E-state index in [1.165, 1.54) is 0 Å². The molecule has 10 heteroatoms. The largest absolute Gasteiger partial charge is 0.390 e. The summed E-state index contributed by atoms with van der Waals surface area (Å²) in [5.74, 6) is 0.00731. The summed E-state index contributed by atoms with van der Waals surface area (Å²) in [7, 11) is 1.84. The number of hydrogen-bond donors (Lipinski definition) is 1. The van der Waals surface area contributed by atoms with Gasteiger partial charge in [0.2, 0.25) is 5.91 Å². The van der Waals surface area contributed by atoms with E-state index in [0.717, 1.165) is 16.6 Å². The van der Waals surface area contributed by atoms with E-state index in [1.807, 2.05) is 25.4 Å². The molecule has 4 rings (SSSR count). The number of hydrogen-bond acceptors (Lipinski definition) is 5. The van der Waals surface area contributed by atoms with Gasteiger partial charge in [-0.05, 0) is 38.1 Å². The Morgan fingerprint density at radius 2 is 2.00 bits per heavy atom.